The summed E-state index contributed by atoms with van der Waals surface area (Å²) in [5.74, 6) is -0.801. The first-order chi connectivity index (χ1) is 8.10. The van der Waals surface area contributed by atoms with Crippen LogP contribution < -0.4 is 10.7 Å². The first kappa shape index (κ1) is 14.9. The number of aliphatic imine (C=N–C) groups is 1. The molecule has 0 aromatic carbocycles. The molecule has 1 heterocycles. The van der Waals surface area contributed by atoms with E-state index in [-0.39, 0.29) is 11.4 Å². The van der Waals surface area contributed by atoms with Crippen molar-refractivity contribution in [2.45, 2.75) is 13.8 Å². The molecule has 6 heteroatoms. The molecule has 1 amide bonds. The largest absolute Gasteiger partial charge is 0.503 e. The lowest BCUT2D eigenvalue weighted by Crippen LogP contribution is -2.29. The second-order valence-electron chi connectivity index (χ2n) is 2.75. The summed E-state index contributed by atoms with van der Waals surface area (Å²) >= 11 is 0. The van der Waals surface area contributed by atoms with Crippen LogP contribution in [0.3, 0.4) is 0 Å². The van der Waals surface area contributed by atoms with Gasteiger partial charge in [0.05, 0.1) is 5.69 Å². The molecule has 6 nitrogen and oxygen atoms in total. The first-order valence-corrected chi connectivity index (χ1v) is 5.21. The fourth-order valence-electron chi connectivity index (χ4n) is 1.06. The van der Waals surface area contributed by atoms with Gasteiger partial charge in [0.25, 0.3) is 5.91 Å². The summed E-state index contributed by atoms with van der Waals surface area (Å²) in [6.45, 7) is 4.00. The maximum absolute atomic E-state index is 11.3. The van der Waals surface area contributed by atoms with Crippen LogP contribution in [0.25, 0.3) is 0 Å². The van der Waals surface area contributed by atoms with E-state index in [2.05, 4.69) is 15.3 Å². The first-order valence-electron chi connectivity index (χ1n) is 5.21. The third kappa shape index (κ3) is 3.75. The molecule has 1 rings (SSSR count). The van der Waals surface area contributed by atoms with Crippen molar-refractivity contribution in [3.63, 3.8) is 0 Å². The predicted octanol–water partition coefficient (Wildman–Crippen LogP) is 0.272. The molecule has 17 heavy (non-hydrogen) atoms. The number of nitrogens with one attached hydrogen (secondary N) is 2. The fraction of sp³-hybridized carbons (Fsp3) is 0.364. The van der Waals surface area contributed by atoms with E-state index in [0.29, 0.717) is 0 Å². The van der Waals surface area contributed by atoms with Gasteiger partial charge >= 0.3 is 0 Å². The van der Waals surface area contributed by atoms with Gasteiger partial charge in [0.2, 0.25) is 5.43 Å². The lowest BCUT2D eigenvalue weighted by molar-refractivity contribution is -0.114. The second kappa shape index (κ2) is 7.21. The summed E-state index contributed by atoms with van der Waals surface area (Å²) in [7, 11) is 2.90. The number of nitrogens with zero attached hydrogens (tertiary/aromatic N) is 1. The fourth-order valence-corrected chi connectivity index (χ4v) is 1.06. The number of aromatic nitrogens is 1. The van der Waals surface area contributed by atoms with E-state index in [0.717, 1.165) is 12.3 Å². The molecular formula is C11H17N3O3. The van der Waals surface area contributed by atoms with Gasteiger partial charge in [-0.05, 0) is 0 Å². The number of rotatable bonds is 2. The molecule has 0 saturated carbocycles. The number of carbonyl (C=O) groups excluding carboxylic acids is 1. The highest BCUT2D eigenvalue weighted by Crippen LogP contribution is 2.00. The number of pyridine rings is 1. The number of carbonyl (C=O) groups is 1. The minimum Gasteiger partial charge on any atom is -0.503 e. The Morgan fingerprint density at radius 2 is 2.06 bits per heavy atom. The van der Waals surface area contributed by atoms with E-state index in [9.17, 15) is 9.59 Å². The normalized spacial score (nSPS) is 10.2. The Balaban J connectivity index is 0.00000121. The average Bonchev–Trinajstić information content (AvgIpc) is 2.36. The van der Waals surface area contributed by atoms with Crippen LogP contribution in [0.2, 0.25) is 0 Å². The van der Waals surface area contributed by atoms with Gasteiger partial charge in [0, 0.05) is 26.4 Å². The summed E-state index contributed by atoms with van der Waals surface area (Å²) in [6.07, 6.45) is 1.12. The molecule has 3 N–H and O–H groups in total. The van der Waals surface area contributed by atoms with Gasteiger partial charge in [-0.3, -0.25) is 14.6 Å². The molecule has 0 unspecified atom stereocenters. The number of aromatic hydroxyl groups is 1. The van der Waals surface area contributed by atoms with Gasteiger partial charge in [0.15, 0.2) is 5.75 Å². The molecule has 0 aliphatic heterocycles. The maximum atomic E-state index is 11.3. The maximum Gasteiger partial charge on any atom is 0.271 e. The predicted molar refractivity (Wildman–Crippen MR) is 66.6 cm³/mol. The zero-order valence-electron chi connectivity index (χ0n) is 10.4. The Hall–Kier alpha value is -2.11. The van der Waals surface area contributed by atoms with E-state index < -0.39 is 17.1 Å². The zero-order valence-corrected chi connectivity index (χ0v) is 10.4. The SMILES string of the molecule is CC.CN=C(C(=O)NC)c1cc(=O)c(O)c[nH]1. The second-order valence-corrected chi connectivity index (χ2v) is 2.75. The van der Waals surface area contributed by atoms with E-state index in [1.165, 1.54) is 14.1 Å². The minimum atomic E-state index is -0.561. The summed E-state index contributed by atoms with van der Waals surface area (Å²) in [4.78, 5) is 28.8. The van der Waals surface area contributed by atoms with Crippen LogP contribution in [0, 0.1) is 0 Å². The molecule has 0 saturated heterocycles. The lowest BCUT2D eigenvalue weighted by Gasteiger charge is -2.03. The third-order valence-corrected chi connectivity index (χ3v) is 1.81. The van der Waals surface area contributed by atoms with Gasteiger partial charge in [-0.25, -0.2) is 0 Å². The number of hydrogen-bond acceptors (Lipinski definition) is 4. The summed E-state index contributed by atoms with van der Waals surface area (Å²) in [6, 6.07) is 1.12. The van der Waals surface area contributed by atoms with Crippen LogP contribution in [0.4, 0.5) is 0 Å². The summed E-state index contributed by atoms with van der Waals surface area (Å²) in [5.41, 5.74) is -0.192. The van der Waals surface area contributed by atoms with Gasteiger partial charge in [-0.2, -0.15) is 0 Å². The van der Waals surface area contributed by atoms with E-state index in [4.69, 9.17) is 5.11 Å². The van der Waals surface area contributed by atoms with Crippen molar-refractivity contribution < 1.29 is 9.90 Å². The lowest BCUT2D eigenvalue weighted by atomic mass is 10.2. The highest BCUT2D eigenvalue weighted by Gasteiger charge is 2.12. The molecule has 0 aliphatic carbocycles. The number of hydrogen-bond donors (Lipinski definition) is 3. The van der Waals surface area contributed by atoms with Crippen LogP contribution in [-0.4, -0.2) is 35.8 Å². The Morgan fingerprint density at radius 1 is 1.47 bits per heavy atom. The topological polar surface area (TPSA) is 94.6 Å². The number of likely N-dealkylation sites (N-methyl/N-ethyl adjacent to an activating group) is 1. The molecule has 0 radical (unpaired) electrons. The number of aromatic amines is 1. The van der Waals surface area contributed by atoms with Crippen molar-refractivity contribution in [2.75, 3.05) is 14.1 Å². The van der Waals surface area contributed by atoms with Crippen LogP contribution in [0.5, 0.6) is 5.75 Å². The van der Waals surface area contributed by atoms with Crippen LogP contribution in [-0.2, 0) is 4.79 Å². The van der Waals surface area contributed by atoms with Crippen LogP contribution >= 0.6 is 0 Å². The van der Waals surface area contributed by atoms with Gasteiger partial charge in [-0.15, -0.1) is 0 Å². The highest BCUT2D eigenvalue weighted by atomic mass is 16.3. The molecule has 0 atom stereocenters. The molecule has 94 valence electrons. The van der Waals surface area contributed by atoms with Gasteiger partial charge in [-0.1, -0.05) is 13.8 Å². The van der Waals surface area contributed by atoms with Crippen molar-refractivity contribution in [3.8, 4) is 5.75 Å². The molecule has 0 spiro atoms. The molecule has 0 fully saturated rings. The smallest absolute Gasteiger partial charge is 0.271 e. The molecule has 1 aromatic heterocycles. The molecule has 1 aromatic rings. The van der Waals surface area contributed by atoms with Crippen molar-refractivity contribution in [1.82, 2.24) is 10.3 Å². The molecule has 0 aliphatic rings. The number of amides is 1. The highest BCUT2D eigenvalue weighted by molar-refractivity contribution is 6.44. The quantitative estimate of drug-likeness (QED) is 0.646. The van der Waals surface area contributed by atoms with E-state index in [1.807, 2.05) is 13.8 Å². The molecule has 0 bridgehead atoms. The Labute approximate surface area is 99.4 Å². The number of H-pyrrole nitrogens is 1. The van der Waals surface area contributed by atoms with Crippen molar-refractivity contribution in [1.29, 1.82) is 0 Å². The van der Waals surface area contributed by atoms with Crippen molar-refractivity contribution >= 4 is 11.6 Å². The van der Waals surface area contributed by atoms with E-state index in [1.54, 1.807) is 0 Å². The molecular weight excluding hydrogens is 222 g/mol. The monoisotopic (exact) mass is 239 g/mol. The van der Waals surface area contributed by atoms with Gasteiger partial charge in [0.1, 0.15) is 5.71 Å². The minimum absolute atomic E-state index is 0.106. The summed E-state index contributed by atoms with van der Waals surface area (Å²) in [5, 5.41) is 11.4. The van der Waals surface area contributed by atoms with Crippen molar-refractivity contribution in [3.05, 3.63) is 28.2 Å². The third-order valence-electron chi connectivity index (χ3n) is 1.81. The van der Waals surface area contributed by atoms with Crippen LogP contribution in [0.1, 0.15) is 19.5 Å². The Kier molecular flexibility index (Phi) is 6.32. The van der Waals surface area contributed by atoms with E-state index >= 15 is 0 Å². The van der Waals surface area contributed by atoms with Crippen LogP contribution in [0.15, 0.2) is 22.1 Å². The zero-order chi connectivity index (χ0) is 13.4. The summed E-state index contributed by atoms with van der Waals surface area (Å²) < 4.78 is 0. The average molecular weight is 239 g/mol. The van der Waals surface area contributed by atoms with Gasteiger partial charge < -0.3 is 15.4 Å². The van der Waals surface area contributed by atoms with Crippen molar-refractivity contribution in [2.24, 2.45) is 4.99 Å². The Bertz CT molecular complexity index is 463. The standard InChI is InChI=1S/C9H11N3O3.C2H6/c1-10-8(9(15)11-2)5-3-6(13)7(14)4-12-5;1-2/h3-4,14H,1-2H3,(H,11,15)(H,12,13);1-2H3. The Morgan fingerprint density at radius 3 is 2.47 bits per heavy atom.